The number of nitrogen functional groups attached to an aromatic ring is 2. The highest BCUT2D eigenvalue weighted by Crippen LogP contribution is 2.42. The van der Waals surface area contributed by atoms with Crippen molar-refractivity contribution in [3.05, 3.63) is 57.8 Å². The van der Waals surface area contributed by atoms with E-state index in [1.807, 2.05) is 0 Å². The van der Waals surface area contributed by atoms with Crippen LogP contribution in [0.4, 0.5) is 29.2 Å². The zero-order valence-corrected chi connectivity index (χ0v) is 15.0. The molecule has 2 heterocycles. The Balaban J connectivity index is 2.06. The van der Waals surface area contributed by atoms with E-state index in [1.165, 1.54) is 24.3 Å². The third kappa shape index (κ3) is 3.56. The van der Waals surface area contributed by atoms with Gasteiger partial charge in [0.05, 0.1) is 0 Å². The first-order valence-corrected chi connectivity index (χ1v) is 8.01. The van der Waals surface area contributed by atoms with E-state index in [4.69, 9.17) is 44.1 Å². The smallest absolute Gasteiger partial charge is 0.237 e. The monoisotopic (exact) mass is 434 g/mol. The van der Waals surface area contributed by atoms with Crippen LogP contribution in [0.3, 0.4) is 0 Å². The van der Waals surface area contributed by atoms with E-state index in [2.05, 4.69) is 9.97 Å². The average molecular weight is 435 g/mol. The van der Waals surface area contributed by atoms with Crippen LogP contribution in [0.25, 0.3) is 0 Å². The zero-order chi connectivity index (χ0) is 20.6. The minimum Gasteiger partial charge on any atom is -0.448 e. The molecule has 0 aliphatic rings. The largest absolute Gasteiger partial charge is 0.448 e. The van der Waals surface area contributed by atoms with Crippen molar-refractivity contribution >= 4 is 34.8 Å². The van der Waals surface area contributed by atoms with Crippen molar-refractivity contribution in [1.29, 1.82) is 0 Å². The highest BCUT2D eigenvalue weighted by Gasteiger charge is 2.23. The molecular weight excluding hydrogens is 427 g/mol. The molecule has 28 heavy (non-hydrogen) atoms. The lowest BCUT2D eigenvalue weighted by Crippen LogP contribution is -2.04. The maximum atomic E-state index is 14.2. The second-order valence-corrected chi connectivity index (χ2v) is 5.90. The van der Waals surface area contributed by atoms with Crippen molar-refractivity contribution in [1.82, 2.24) is 9.97 Å². The third-order valence-electron chi connectivity index (χ3n) is 3.32. The predicted molar refractivity (Wildman–Crippen MR) is 93.7 cm³/mol. The SMILES string of the molecule is Nc1nc(F)c(Cl)c(Oc2ccccc2Oc2c(F)c(N)nc(F)c2Cl)c1F. The standard InChI is InChI=1S/C16H8Cl2F4N4O2/c17-7-11(9(19)15(23)25-13(7)21)27-5-3-1-2-4-6(5)28-12-8(18)14(22)26-16(24)10(12)20/h1-4H,(H2,23,25)(H2,24,26). The van der Waals surface area contributed by atoms with Gasteiger partial charge < -0.3 is 20.9 Å². The molecule has 12 heteroatoms. The Morgan fingerprint density at radius 2 is 1.07 bits per heavy atom. The quantitative estimate of drug-likeness (QED) is 0.438. The van der Waals surface area contributed by atoms with Crippen LogP contribution in [0.2, 0.25) is 10.0 Å². The summed E-state index contributed by atoms with van der Waals surface area (Å²) in [5.41, 5.74) is 10.5. The van der Waals surface area contributed by atoms with Crippen LogP contribution in [0.5, 0.6) is 23.0 Å². The lowest BCUT2D eigenvalue weighted by molar-refractivity contribution is 0.385. The Labute approximate surface area is 164 Å². The number of hydrogen-bond acceptors (Lipinski definition) is 6. The first-order valence-electron chi connectivity index (χ1n) is 7.25. The Kier molecular flexibility index (Phi) is 5.34. The van der Waals surface area contributed by atoms with Crippen LogP contribution >= 0.6 is 23.2 Å². The number of rotatable bonds is 4. The van der Waals surface area contributed by atoms with E-state index in [-0.39, 0.29) is 11.5 Å². The highest BCUT2D eigenvalue weighted by atomic mass is 35.5. The van der Waals surface area contributed by atoms with E-state index >= 15 is 0 Å². The Morgan fingerprint density at radius 3 is 1.43 bits per heavy atom. The number of hydrogen-bond donors (Lipinski definition) is 2. The molecule has 0 aliphatic heterocycles. The number of halogens is 6. The van der Waals surface area contributed by atoms with Gasteiger partial charge in [0.25, 0.3) is 0 Å². The molecule has 0 aliphatic carbocycles. The van der Waals surface area contributed by atoms with E-state index in [0.717, 1.165) is 0 Å². The van der Waals surface area contributed by atoms with Gasteiger partial charge in [0.15, 0.2) is 34.6 Å². The number of anilines is 2. The van der Waals surface area contributed by atoms with Gasteiger partial charge in [0, 0.05) is 0 Å². The number of ether oxygens (including phenoxy) is 2. The maximum Gasteiger partial charge on any atom is 0.237 e. The lowest BCUT2D eigenvalue weighted by Gasteiger charge is -2.15. The molecule has 0 fully saturated rings. The predicted octanol–water partition coefficient (Wildman–Crippen LogP) is 5.09. The fourth-order valence-corrected chi connectivity index (χ4v) is 2.37. The van der Waals surface area contributed by atoms with Crippen molar-refractivity contribution in [2.75, 3.05) is 11.5 Å². The molecule has 0 unspecified atom stereocenters. The summed E-state index contributed by atoms with van der Waals surface area (Å²) in [4.78, 5) is 6.14. The van der Waals surface area contributed by atoms with Gasteiger partial charge in [-0.2, -0.15) is 27.5 Å². The van der Waals surface area contributed by atoms with Gasteiger partial charge in [-0.15, -0.1) is 0 Å². The number of pyridine rings is 2. The van der Waals surface area contributed by atoms with Crippen LogP contribution in [0, 0.1) is 23.5 Å². The Hall–Kier alpha value is -2.98. The lowest BCUT2D eigenvalue weighted by atomic mass is 10.3. The second kappa shape index (κ2) is 7.56. The van der Waals surface area contributed by atoms with Gasteiger partial charge in [-0.05, 0) is 12.1 Å². The van der Waals surface area contributed by atoms with Crippen molar-refractivity contribution in [2.45, 2.75) is 0 Å². The Morgan fingerprint density at radius 1 is 0.714 bits per heavy atom. The maximum absolute atomic E-state index is 14.2. The molecule has 0 radical (unpaired) electrons. The summed E-state index contributed by atoms with van der Waals surface area (Å²) in [6.45, 7) is 0. The van der Waals surface area contributed by atoms with Crippen LogP contribution in [-0.4, -0.2) is 9.97 Å². The van der Waals surface area contributed by atoms with Gasteiger partial charge in [-0.1, -0.05) is 35.3 Å². The first kappa shape index (κ1) is 19.8. The van der Waals surface area contributed by atoms with Crippen LogP contribution < -0.4 is 20.9 Å². The summed E-state index contributed by atoms with van der Waals surface area (Å²) < 4.78 is 66.1. The molecule has 2 aromatic heterocycles. The molecule has 4 N–H and O–H groups in total. The van der Waals surface area contributed by atoms with Crippen molar-refractivity contribution < 1.29 is 27.0 Å². The van der Waals surface area contributed by atoms with Gasteiger partial charge in [0.1, 0.15) is 10.0 Å². The molecule has 0 spiro atoms. The van der Waals surface area contributed by atoms with E-state index < -0.39 is 56.7 Å². The van der Waals surface area contributed by atoms with Crippen molar-refractivity contribution in [2.24, 2.45) is 0 Å². The van der Waals surface area contributed by atoms with Gasteiger partial charge in [0.2, 0.25) is 23.5 Å². The third-order valence-corrected chi connectivity index (χ3v) is 3.98. The van der Waals surface area contributed by atoms with Crippen molar-refractivity contribution in [3.63, 3.8) is 0 Å². The molecule has 0 atom stereocenters. The topological polar surface area (TPSA) is 96.3 Å². The summed E-state index contributed by atoms with van der Waals surface area (Å²) in [5, 5.41) is -1.57. The first-order chi connectivity index (χ1) is 13.2. The number of benzene rings is 1. The van der Waals surface area contributed by atoms with Crippen molar-refractivity contribution in [3.8, 4) is 23.0 Å². The minimum absolute atomic E-state index is 0.250. The fourth-order valence-electron chi connectivity index (χ4n) is 2.04. The second-order valence-electron chi connectivity index (χ2n) is 5.14. The molecular formula is C16H8Cl2F4N4O2. The normalized spacial score (nSPS) is 10.8. The van der Waals surface area contributed by atoms with E-state index in [0.29, 0.717) is 0 Å². The number of nitrogens with zero attached hydrogens (tertiary/aromatic N) is 2. The molecule has 0 bridgehead atoms. The van der Waals surface area contributed by atoms with E-state index in [9.17, 15) is 17.6 Å². The number of nitrogens with two attached hydrogens (primary N) is 2. The Bertz CT molecular complexity index is 948. The molecule has 0 saturated heterocycles. The summed E-state index contributed by atoms with van der Waals surface area (Å²) in [6, 6.07) is 5.39. The van der Waals surface area contributed by atoms with E-state index in [1.54, 1.807) is 0 Å². The molecule has 3 aromatic rings. The molecule has 1 aromatic carbocycles. The molecule has 3 rings (SSSR count). The molecule has 146 valence electrons. The summed E-state index contributed by atoms with van der Waals surface area (Å²) in [7, 11) is 0. The summed E-state index contributed by atoms with van der Waals surface area (Å²) in [5.74, 6) is -8.67. The molecule has 6 nitrogen and oxygen atoms in total. The minimum atomic E-state index is -1.27. The number of aromatic nitrogens is 2. The zero-order valence-electron chi connectivity index (χ0n) is 13.4. The fraction of sp³-hybridized carbons (Fsp3) is 0. The summed E-state index contributed by atoms with van der Waals surface area (Å²) in [6.07, 6.45) is 0. The van der Waals surface area contributed by atoms with Crippen LogP contribution in [0.1, 0.15) is 0 Å². The van der Waals surface area contributed by atoms with Gasteiger partial charge >= 0.3 is 0 Å². The summed E-state index contributed by atoms with van der Waals surface area (Å²) >= 11 is 11.3. The van der Waals surface area contributed by atoms with Gasteiger partial charge in [-0.3, -0.25) is 0 Å². The van der Waals surface area contributed by atoms with Crippen LogP contribution in [-0.2, 0) is 0 Å². The molecule has 0 saturated carbocycles. The highest BCUT2D eigenvalue weighted by molar-refractivity contribution is 6.32. The average Bonchev–Trinajstić information content (AvgIpc) is 2.66. The number of para-hydroxylation sites is 2. The van der Waals surface area contributed by atoms with Crippen LogP contribution in [0.15, 0.2) is 24.3 Å². The van der Waals surface area contributed by atoms with Gasteiger partial charge in [-0.25, -0.2) is 0 Å². The molecule has 0 amide bonds.